The summed E-state index contributed by atoms with van der Waals surface area (Å²) in [5.41, 5.74) is 8.85. The first-order valence-electron chi connectivity index (χ1n) is 9.76. The Morgan fingerprint density at radius 3 is 2.40 bits per heavy atom. The van der Waals surface area contributed by atoms with Gasteiger partial charge in [0.25, 0.3) is 0 Å². The third-order valence-electron chi connectivity index (χ3n) is 4.64. The highest BCUT2D eigenvalue weighted by Crippen LogP contribution is 2.15. The van der Waals surface area contributed by atoms with Crippen LogP contribution in [0.1, 0.15) is 35.1 Å². The summed E-state index contributed by atoms with van der Waals surface area (Å²) in [6.07, 6.45) is 0. The first-order valence-corrected chi connectivity index (χ1v) is 9.76. The van der Waals surface area contributed by atoms with Crippen molar-refractivity contribution >= 4 is 17.6 Å². The summed E-state index contributed by atoms with van der Waals surface area (Å²) in [6, 6.07) is 14.7. The Morgan fingerprint density at radius 2 is 1.73 bits per heavy atom. The van der Waals surface area contributed by atoms with Gasteiger partial charge in [0, 0.05) is 18.7 Å². The number of rotatable bonds is 11. The van der Waals surface area contributed by atoms with Gasteiger partial charge in [0.2, 0.25) is 11.8 Å². The zero-order chi connectivity index (χ0) is 21.9. The van der Waals surface area contributed by atoms with Crippen molar-refractivity contribution in [3.8, 4) is 0 Å². The van der Waals surface area contributed by atoms with Crippen molar-refractivity contribution in [3.63, 3.8) is 0 Å². The standard InChI is InChI=1S/C22H29N5O3/c1-15(19-4-2-3-17(9-19)14-28)10-25-12-20(29)27-13-21(30)26-11-16-5-7-18(8-6-16)22(23)24/h2-9,15,25,28H,10-14H2,1H3,(H3,23,24)(H,26,30)(H,27,29). The molecule has 0 aliphatic heterocycles. The molecule has 0 saturated heterocycles. The summed E-state index contributed by atoms with van der Waals surface area (Å²) in [4.78, 5) is 23.8. The molecular formula is C22H29N5O3. The number of nitrogens with two attached hydrogens (primary N) is 1. The number of hydrogen-bond donors (Lipinski definition) is 6. The van der Waals surface area contributed by atoms with Crippen LogP contribution in [0.3, 0.4) is 0 Å². The van der Waals surface area contributed by atoms with Gasteiger partial charge in [-0.25, -0.2) is 0 Å². The molecule has 0 radical (unpaired) electrons. The van der Waals surface area contributed by atoms with Gasteiger partial charge in [-0.2, -0.15) is 0 Å². The fourth-order valence-corrected chi connectivity index (χ4v) is 2.82. The van der Waals surface area contributed by atoms with Crippen molar-refractivity contribution in [2.24, 2.45) is 5.73 Å². The molecule has 1 atom stereocenters. The van der Waals surface area contributed by atoms with E-state index >= 15 is 0 Å². The number of amidine groups is 1. The molecule has 0 aliphatic rings. The molecule has 7 N–H and O–H groups in total. The van der Waals surface area contributed by atoms with E-state index in [1.165, 1.54) is 0 Å². The molecule has 1 unspecified atom stereocenters. The second-order valence-electron chi connectivity index (χ2n) is 7.10. The number of nitrogen functional groups attached to an aromatic ring is 1. The van der Waals surface area contributed by atoms with Crippen molar-refractivity contribution in [2.75, 3.05) is 19.6 Å². The van der Waals surface area contributed by atoms with Crippen molar-refractivity contribution in [3.05, 3.63) is 70.8 Å². The van der Waals surface area contributed by atoms with E-state index in [2.05, 4.69) is 16.0 Å². The molecule has 0 aromatic heterocycles. The zero-order valence-electron chi connectivity index (χ0n) is 17.1. The fourth-order valence-electron chi connectivity index (χ4n) is 2.82. The lowest BCUT2D eigenvalue weighted by Crippen LogP contribution is -2.41. The van der Waals surface area contributed by atoms with Crippen molar-refractivity contribution < 1.29 is 14.7 Å². The average molecular weight is 412 g/mol. The van der Waals surface area contributed by atoms with Gasteiger partial charge in [-0.3, -0.25) is 15.0 Å². The predicted octanol–water partition coefficient (Wildman–Crippen LogP) is 0.589. The SMILES string of the molecule is CC(CNCC(=O)NCC(=O)NCc1ccc(C(=N)N)cc1)c1cccc(CO)c1. The topological polar surface area (TPSA) is 140 Å². The van der Waals surface area contributed by atoms with E-state index < -0.39 is 0 Å². The third-order valence-corrected chi connectivity index (χ3v) is 4.64. The maximum absolute atomic E-state index is 11.9. The van der Waals surface area contributed by atoms with Gasteiger partial charge in [-0.15, -0.1) is 0 Å². The Morgan fingerprint density at radius 1 is 1.03 bits per heavy atom. The summed E-state index contributed by atoms with van der Waals surface area (Å²) < 4.78 is 0. The van der Waals surface area contributed by atoms with E-state index in [0.717, 1.165) is 16.7 Å². The second-order valence-corrected chi connectivity index (χ2v) is 7.10. The smallest absolute Gasteiger partial charge is 0.239 e. The summed E-state index contributed by atoms with van der Waals surface area (Å²) in [7, 11) is 0. The van der Waals surface area contributed by atoms with E-state index in [9.17, 15) is 14.7 Å². The first-order chi connectivity index (χ1) is 14.4. The number of amides is 2. The highest BCUT2D eigenvalue weighted by atomic mass is 16.3. The zero-order valence-corrected chi connectivity index (χ0v) is 17.1. The Bertz CT molecular complexity index is 867. The number of carbonyl (C=O) groups is 2. The number of aliphatic hydroxyl groups excluding tert-OH is 1. The van der Waals surface area contributed by atoms with E-state index in [1.807, 2.05) is 31.2 Å². The maximum Gasteiger partial charge on any atom is 0.239 e. The number of hydrogen-bond acceptors (Lipinski definition) is 5. The molecular weight excluding hydrogens is 382 g/mol. The lowest BCUT2D eigenvalue weighted by molar-refractivity contribution is -0.125. The Kier molecular flexibility index (Phi) is 8.99. The molecule has 0 fully saturated rings. The quantitative estimate of drug-likeness (QED) is 0.237. The molecule has 160 valence electrons. The van der Waals surface area contributed by atoms with Gasteiger partial charge in [-0.1, -0.05) is 55.5 Å². The van der Waals surface area contributed by atoms with Gasteiger partial charge in [-0.05, 0) is 22.6 Å². The number of carbonyl (C=O) groups excluding carboxylic acids is 2. The molecule has 0 heterocycles. The number of aliphatic hydroxyl groups is 1. The second kappa shape index (κ2) is 11.7. The molecule has 0 bridgehead atoms. The Hall–Kier alpha value is -3.23. The summed E-state index contributed by atoms with van der Waals surface area (Å²) in [6.45, 7) is 2.99. The largest absolute Gasteiger partial charge is 0.392 e. The molecule has 0 aliphatic carbocycles. The van der Waals surface area contributed by atoms with Gasteiger partial charge in [0.05, 0.1) is 19.7 Å². The Balaban J connectivity index is 1.63. The van der Waals surface area contributed by atoms with Crippen LogP contribution in [0, 0.1) is 5.41 Å². The summed E-state index contributed by atoms with van der Waals surface area (Å²) in [5, 5.41) is 25.0. The fraction of sp³-hybridized carbons (Fsp3) is 0.318. The van der Waals surface area contributed by atoms with Crippen LogP contribution in [-0.4, -0.2) is 42.4 Å². The minimum absolute atomic E-state index is 0.00217. The predicted molar refractivity (Wildman–Crippen MR) is 116 cm³/mol. The molecule has 2 rings (SSSR count). The van der Waals surface area contributed by atoms with Gasteiger partial charge in [0.1, 0.15) is 5.84 Å². The average Bonchev–Trinajstić information content (AvgIpc) is 2.76. The van der Waals surface area contributed by atoms with E-state index in [-0.39, 0.29) is 43.3 Å². The maximum atomic E-state index is 11.9. The number of nitrogens with one attached hydrogen (secondary N) is 4. The first kappa shape index (κ1) is 23.1. The summed E-state index contributed by atoms with van der Waals surface area (Å²) in [5.74, 6) is -0.364. The highest BCUT2D eigenvalue weighted by Gasteiger charge is 2.09. The van der Waals surface area contributed by atoms with E-state index in [0.29, 0.717) is 18.7 Å². The molecule has 2 aromatic carbocycles. The minimum Gasteiger partial charge on any atom is -0.392 e. The molecule has 2 amide bonds. The normalized spacial score (nSPS) is 11.5. The van der Waals surface area contributed by atoms with Crippen LogP contribution in [-0.2, 0) is 22.7 Å². The van der Waals surface area contributed by atoms with Crippen LogP contribution in [0.5, 0.6) is 0 Å². The highest BCUT2D eigenvalue weighted by molar-refractivity contribution is 5.94. The van der Waals surface area contributed by atoms with Crippen LogP contribution in [0.15, 0.2) is 48.5 Å². The molecule has 0 saturated carbocycles. The number of benzene rings is 2. The molecule has 8 nitrogen and oxygen atoms in total. The monoisotopic (exact) mass is 411 g/mol. The van der Waals surface area contributed by atoms with Crippen LogP contribution >= 0.6 is 0 Å². The third kappa shape index (κ3) is 7.65. The van der Waals surface area contributed by atoms with Gasteiger partial charge >= 0.3 is 0 Å². The molecule has 2 aromatic rings. The van der Waals surface area contributed by atoms with Crippen LogP contribution < -0.4 is 21.7 Å². The van der Waals surface area contributed by atoms with Crippen molar-refractivity contribution in [2.45, 2.75) is 26.0 Å². The Labute approximate surface area is 176 Å². The van der Waals surface area contributed by atoms with Crippen LogP contribution in [0.4, 0.5) is 0 Å². The lowest BCUT2D eigenvalue weighted by atomic mass is 9.99. The van der Waals surface area contributed by atoms with Gasteiger partial charge < -0.3 is 26.8 Å². The van der Waals surface area contributed by atoms with Crippen molar-refractivity contribution in [1.29, 1.82) is 5.41 Å². The molecule has 0 spiro atoms. The summed E-state index contributed by atoms with van der Waals surface area (Å²) >= 11 is 0. The van der Waals surface area contributed by atoms with Crippen molar-refractivity contribution in [1.82, 2.24) is 16.0 Å². The van der Waals surface area contributed by atoms with Crippen LogP contribution in [0.25, 0.3) is 0 Å². The van der Waals surface area contributed by atoms with E-state index in [4.69, 9.17) is 11.1 Å². The minimum atomic E-state index is -0.284. The van der Waals surface area contributed by atoms with E-state index in [1.54, 1.807) is 24.3 Å². The van der Waals surface area contributed by atoms with Crippen LogP contribution in [0.2, 0.25) is 0 Å². The molecule has 8 heteroatoms. The lowest BCUT2D eigenvalue weighted by Gasteiger charge is -2.14. The molecule has 30 heavy (non-hydrogen) atoms. The van der Waals surface area contributed by atoms with Gasteiger partial charge in [0.15, 0.2) is 0 Å².